The minimum absolute atomic E-state index is 0.116. The van der Waals surface area contributed by atoms with Crippen LogP contribution in [0.25, 0.3) is 0 Å². The van der Waals surface area contributed by atoms with Gasteiger partial charge in [-0.1, -0.05) is 20.8 Å². The molecule has 4 atom stereocenters. The second-order valence-electron chi connectivity index (χ2n) is 8.77. The van der Waals surface area contributed by atoms with E-state index in [1.807, 2.05) is 13.1 Å². The highest BCUT2D eigenvalue weighted by atomic mass is 28.4. The van der Waals surface area contributed by atoms with Gasteiger partial charge in [0, 0.05) is 23.1 Å². The summed E-state index contributed by atoms with van der Waals surface area (Å²) in [4.78, 5) is 36.3. The summed E-state index contributed by atoms with van der Waals surface area (Å²) < 4.78 is 13.4. The Morgan fingerprint density at radius 3 is 2.61 bits per heavy atom. The topological polar surface area (TPSA) is 137 Å². The van der Waals surface area contributed by atoms with E-state index in [1.165, 1.54) is 10.8 Å². The van der Waals surface area contributed by atoms with Crippen LogP contribution < -0.4 is 11.2 Å². The Bertz CT molecular complexity index is 842. The van der Waals surface area contributed by atoms with Crippen LogP contribution in [-0.2, 0) is 9.16 Å². The molecule has 2 heterocycles. The van der Waals surface area contributed by atoms with Crippen LogP contribution in [0.5, 0.6) is 0 Å². The van der Waals surface area contributed by atoms with Crippen LogP contribution in [0.1, 0.15) is 39.0 Å². The van der Waals surface area contributed by atoms with Crippen LogP contribution in [0.4, 0.5) is 0 Å². The minimum Gasteiger partial charge on any atom is -0.411 e. The first-order valence-corrected chi connectivity index (χ1v) is 12.1. The first-order valence-electron chi connectivity index (χ1n) is 9.18. The fourth-order valence-electron chi connectivity index (χ4n) is 2.90. The molecule has 1 aromatic rings. The first kappa shape index (κ1) is 22.5. The third-order valence-corrected chi connectivity index (χ3v) is 10.0. The van der Waals surface area contributed by atoms with Crippen LogP contribution in [0, 0.1) is 17.0 Å². The van der Waals surface area contributed by atoms with Gasteiger partial charge in [-0.25, -0.2) is 4.79 Å². The molecule has 2 N–H and O–H groups in total. The Hall–Kier alpha value is -1.82. The fourth-order valence-corrected chi connectivity index (χ4v) is 4.24. The van der Waals surface area contributed by atoms with Gasteiger partial charge in [0.25, 0.3) is 5.56 Å². The Balaban J connectivity index is 2.36. The van der Waals surface area contributed by atoms with Gasteiger partial charge < -0.3 is 14.3 Å². The van der Waals surface area contributed by atoms with E-state index in [-0.39, 0.29) is 11.5 Å². The van der Waals surface area contributed by atoms with Crippen molar-refractivity contribution in [3.63, 3.8) is 0 Å². The van der Waals surface area contributed by atoms with Crippen molar-refractivity contribution in [2.45, 2.75) is 76.8 Å². The molecule has 0 unspecified atom stereocenters. The van der Waals surface area contributed by atoms with Gasteiger partial charge in [0.1, 0.15) is 18.4 Å². The number of H-pyrrole nitrogens is 1. The number of hydrogen-bond donors (Lipinski definition) is 2. The van der Waals surface area contributed by atoms with Crippen LogP contribution in [0.2, 0.25) is 18.1 Å². The number of hydrogen-bond acceptors (Lipinski definition) is 7. The molecule has 1 aliphatic rings. The van der Waals surface area contributed by atoms with Crippen molar-refractivity contribution in [3.8, 4) is 0 Å². The molecule has 11 heteroatoms. The van der Waals surface area contributed by atoms with Crippen molar-refractivity contribution in [2.24, 2.45) is 0 Å². The molecule has 0 aromatic carbocycles. The second kappa shape index (κ2) is 7.89. The predicted octanol–water partition coefficient (Wildman–Crippen LogP) is 1.16. The molecule has 2 rings (SSSR count). The van der Waals surface area contributed by atoms with Gasteiger partial charge in [-0.3, -0.25) is 24.5 Å². The number of aryl methyl sites for hydroxylation is 1. The summed E-state index contributed by atoms with van der Waals surface area (Å²) in [5.41, 5.74) is -0.797. The predicted molar refractivity (Wildman–Crippen MR) is 105 cm³/mol. The summed E-state index contributed by atoms with van der Waals surface area (Å²) in [5, 5.41) is 21.1. The van der Waals surface area contributed by atoms with Crippen LogP contribution in [-0.4, -0.2) is 52.8 Å². The number of aromatic amines is 1. The number of rotatable bonds is 6. The lowest BCUT2D eigenvalue weighted by Crippen LogP contribution is -2.49. The van der Waals surface area contributed by atoms with Crippen LogP contribution >= 0.6 is 0 Å². The minimum atomic E-state index is -2.27. The number of ether oxygens (including phenoxy) is 1. The van der Waals surface area contributed by atoms with Gasteiger partial charge in [0.05, 0.1) is 6.10 Å². The van der Waals surface area contributed by atoms with Crippen molar-refractivity contribution in [1.29, 1.82) is 0 Å². The van der Waals surface area contributed by atoms with E-state index in [1.54, 1.807) is 6.92 Å². The van der Waals surface area contributed by atoms with E-state index in [9.17, 15) is 24.8 Å². The molecule has 1 aromatic heterocycles. The van der Waals surface area contributed by atoms with E-state index in [2.05, 4.69) is 25.8 Å². The average molecular weight is 416 g/mol. The van der Waals surface area contributed by atoms with Gasteiger partial charge in [0.2, 0.25) is 6.54 Å². The summed E-state index contributed by atoms with van der Waals surface area (Å²) in [7, 11) is -2.27. The summed E-state index contributed by atoms with van der Waals surface area (Å²) in [6.45, 7) is 11.1. The Morgan fingerprint density at radius 1 is 1.46 bits per heavy atom. The molecule has 1 fully saturated rings. The van der Waals surface area contributed by atoms with Gasteiger partial charge in [-0.15, -0.1) is 0 Å². The van der Waals surface area contributed by atoms with E-state index in [0.29, 0.717) is 5.56 Å². The molecule has 0 radical (unpaired) electrons. The normalized spacial score (nSPS) is 24.3. The van der Waals surface area contributed by atoms with E-state index in [4.69, 9.17) is 9.16 Å². The highest BCUT2D eigenvalue weighted by Gasteiger charge is 2.48. The number of aliphatic hydroxyl groups is 1. The van der Waals surface area contributed by atoms with Crippen molar-refractivity contribution in [2.75, 3.05) is 6.54 Å². The molecule has 0 aliphatic carbocycles. The second-order valence-corrected chi connectivity index (χ2v) is 13.5. The number of aliphatic hydroxyl groups excluding tert-OH is 1. The zero-order valence-corrected chi connectivity index (χ0v) is 18.1. The number of nitro groups is 1. The van der Waals surface area contributed by atoms with Crippen molar-refractivity contribution in [1.82, 2.24) is 9.55 Å². The molecule has 0 spiro atoms. The monoisotopic (exact) mass is 415 g/mol. The third kappa shape index (κ3) is 4.77. The highest BCUT2D eigenvalue weighted by Crippen LogP contribution is 2.41. The average Bonchev–Trinajstić information content (AvgIpc) is 2.92. The summed E-state index contributed by atoms with van der Waals surface area (Å²) in [5.74, 6) is 0. The van der Waals surface area contributed by atoms with E-state index < -0.39 is 55.6 Å². The quantitative estimate of drug-likeness (QED) is 0.404. The molecule has 1 aliphatic heterocycles. The molecule has 158 valence electrons. The van der Waals surface area contributed by atoms with E-state index in [0.717, 1.165) is 0 Å². The first-order chi connectivity index (χ1) is 12.7. The molecule has 28 heavy (non-hydrogen) atoms. The smallest absolute Gasteiger partial charge is 0.330 e. The van der Waals surface area contributed by atoms with Gasteiger partial charge >= 0.3 is 5.69 Å². The molecular formula is C17H29N3O7Si. The Kier molecular flexibility index (Phi) is 6.33. The fraction of sp³-hybridized carbons (Fsp3) is 0.765. The lowest BCUT2D eigenvalue weighted by atomic mass is 10.1. The number of aromatic nitrogens is 2. The van der Waals surface area contributed by atoms with Gasteiger partial charge in [-0.05, 0) is 25.1 Å². The standard InChI is InChI=1S/C17H29N3O7Si/c1-10-8-19(16(23)18-15(10)22)13-7-12(27-28(5,6)17(2,3)4)14(26-13)11(21)9-20(24)25/h8,11-14,21H,7,9H2,1-6H3,(H,18,22,23)/t11-,12-,13+,14+/m0/s1. The summed E-state index contributed by atoms with van der Waals surface area (Å²) in [6.07, 6.45) is -2.13. The number of nitrogens with one attached hydrogen (secondary N) is 1. The van der Waals surface area contributed by atoms with Crippen LogP contribution in [0.3, 0.4) is 0 Å². The maximum Gasteiger partial charge on any atom is 0.330 e. The summed E-state index contributed by atoms with van der Waals surface area (Å²) in [6, 6.07) is 0. The van der Waals surface area contributed by atoms with Gasteiger partial charge in [-0.2, -0.15) is 0 Å². The Morgan fingerprint density at radius 2 is 2.07 bits per heavy atom. The SMILES string of the molecule is Cc1cn([C@H]2C[C@H](O[Si](C)(C)C(C)(C)C)[C@@H]([C@@H](O)C[N+](=O)[O-])O2)c(=O)[nH]c1=O. The van der Waals surface area contributed by atoms with Crippen LogP contribution in [0.15, 0.2) is 15.8 Å². The third-order valence-electron chi connectivity index (χ3n) is 5.54. The highest BCUT2D eigenvalue weighted by molar-refractivity contribution is 6.74. The van der Waals surface area contributed by atoms with Crippen molar-refractivity contribution < 1.29 is 19.2 Å². The molecule has 0 bridgehead atoms. The number of nitrogens with zero attached hydrogens (tertiary/aromatic N) is 2. The lowest BCUT2D eigenvalue weighted by molar-refractivity contribution is -0.493. The van der Waals surface area contributed by atoms with Crippen molar-refractivity contribution >= 4 is 8.32 Å². The molecule has 1 saturated heterocycles. The molecule has 0 amide bonds. The zero-order chi connectivity index (χ0) is 21.4. The van der Waals surface area contributed by atoms with E-state index >= 15 is 0 Å². The Labute approximate surface area is 163 Å². The van der Waals surface area contributed by atoms with Crippen molar-refractivity contribution in [3.05, 3.63) is 42.7 Å². The molecule has 0 saturated carbocycles. The molecular weight excluding hydrogens is 386 g/mol. The molecule has 10 nitrogen and oxygen atoms in total. The zero-order valence-electron chi connectivity index (χ0n) is 17.1. The maximum atomic E-state index is 12.2. The summed E-state index contributed by atoms with van der Waals surface area (Å²) >= 11 is 0. The lowest BCUT2D eigenvalue weighted by Gasteiger charge is -2.39. The maximum absolute atomic E-state index is 12.2. The van der Waals surface area contributed by atoms with Gasteiger partial charge in [0.15, 0.2) is 8.32 Å². The largest absolute Gasteiger partial charge is 0.411 e.